The molecule has 0 saturated heterocycles. The zero-order chi connectivity index (χ0) is 12.8. The van der Waals surface area contributed by atoms with Crippen LogP contribution in [0.4, 0.5) is 0 Å². The van der Waals surface area contributed by atoms with Crippen LogP contribution in [0.2, 0.25) is 0 Å². The van der Waals surface area contributed by atoms with E-state index in [0.29, 0.717) is 18.3 Å². The van der Waals surface area contributed by atoms with E-state index in [0.717, 1.165) is 18.4 Å². The summed E-state index contributed by atoms with van der Waals surface area (Å²) in [6.45, 7) is 0.688. The molecule has 0 aliphatic heterocycles. The highest BCUT2D eigenvalue weighted by Gasteiger charge is 2.15. The molecule has 0 saturated carbocycles. The molecule has 0 radical (unpaired) electrons. The highest BCUT2D eigenvalue weighted by molar-refractivity contribution is 5.53. The van der Waals surface area contributed by atoms with Crippen LogP contribution in [-0.2, 0) is 4.74 Å². The van der Waals surface area contributed by atoms with Gasteiger partial charge in [-0.15, -0.1) is 0 Å². The molecule has 0 fully saturated rings. The number of benzene rings is 1. The highest BCUT2D eigenvalue weighted by Crippen LogP contribution is 2.19. The summed E-state index contributed by atoms with van der Waals surface area (Å²) in [7, 11) is 1.67. The summed E-state index contributed by atoms with van der Waals surface area (Å²) >= 11 is 0. The maximum absolute atomic E-state index is 5.98. The van der Waals surface area contributed by atoms with Gasteiger partial charge in [0.15, 0.2) is 0 Å². The van der Waals surface area contributed by atoms with Crippen molar-refractivity contribution in [3.63, 3.8) is 0 Å². The average Bonchev–Trinajstić information content (AvgIpc) is 2.89. The van der Waals surface area contributed by atoms with E-state index in [9.17, 15) is 0 Å². The largest absolute Gasteiger partial charge is 0.385 e. The highest BCUT2D eigenvalue weighted by atomic mass is 16.5. The molecule has 1 unspecified atom stereocenters. The van der Waals surface area contributed by atoms with Crippen LogP contribution in [-0.4, -0.2) is 23.9 Å². The standard InChI is InChI=1S/C13H17N3O2/c1-17-9-5-8-11(14)13-15-12(16-18-13)10-6-3-2-4-7-10/h2-4,6-7,11H,5,8-9,14H2,1H3. The molecule has 18 heavy (non-hydrogen) atoms. The monoisotopic (exact) mass is 247 g/mol. The second-order valence-corrected chi connectivity index (χ2v) is 4.06. The van der Waals surface area contributed by atoms with Gasteiger partial charge in [0.05, 0.1) is 6.04 Å². The Hall–Kier alpha value is -1.72. The van der Waals surface area contributed by atoms with Crippen LogP contribution < -0.4 is 5.73 Å². The maximum Gasteiger partial charge on any atom is 0.243 e. The fourth-order valence-electron chi connectivity index (χ4n) is 1.66. The van der Waals surface area contributed by atoms with Crippen LogP contribution in [0.5, 0.6) is 0 Å². The molecular formula is C13H17N3O2. The Morgan fingerprint density at radius 2 is 2.11 bits per heavy atom. The zero-order valence-electron chi connectivity index (χ0n) is 10.4. The quantitative estimate of drug-likeness (QED) is 0.792. The average molecular weight is 247 g/mol. The lowest BCUT2D eigenvalue weighted by Gasteiger charge is -2.04. The van der Waals surface area contributed by atoms with Crippen molar-refractivity contribution >= 4 is 0 Å². The molecule has 2 aromatic rings. The van der Waals surface area contributed by atoms with Crippen LogP contribution in [0, 0.1) is 0 Å². The van der Waals surface area contributed by atoms with Gasteiger partial charge in [-0.3, -0.25) is 0 Å². The zero-order valence-corrected chi connectivity index (χ0v) is 10.4. The summed E-state index contributed by atoms with van der Waals surface area (Å²) < 4.78 is 10.2. The number of nitrogens with zero attached hydrogens (tertiary/aromatic N) is 2. The lowest BCUT2D eigenvalue weighted by molar-refractivity contribution is 0.188. The van der Waals surface area contributed by atoms with E-state index >= 15 is 0 Å². The summed E-state index contributed by atoms with van der Waals surface area (Å²) in [4.78, 5) is 4.32. The number of nitrogens with two attached hydrogens (primary N) is 1. The number of hydrogen-bond donors (Lipinski definition) is 1. The van der Waals surface area contributed by atoms with Crippen LogP contribution in [0.15, 0.2) is 34.9 Å². The van der Waals surface area contributed by atoms with Crippen molar-refractivity contribution in [3.05, 3.63) is 36.2 Å². The number of rotatable bonds is 6. The molecule has 5 heteroatoms. The van der Waals surface area contributed by atoms with Gasteiger partial charge in [-0.1, -0.05) is 35.5 Å². The van der Waals surface area contributed by atoms with E-state index in [1.807, 2.05) is 30.3 Å². The van der Waals surface area contributed by atoms with Crippen LogP contribution >= 0.6 is 0 Å². The van der Waals surface area contributed by atoms with Crippen molar-refractivity contribution in [2.24, 2.45) is 5.73 Å². The Balaban J connectivity index is 2.02. The Bertz CT molecular complexity index is 470. The van der Waals surface area contributed by atoms with Crippen LogP contribution in [0.3, 0.4) is 0 Å². The summed E-state index contributed by atoms with van der Waals surface area (Å²) in [5.74, 6) is 1.05. The SMILES string of the molecule is COCCCC(N)c1nc(-c2ccccc2)no1. The number of methoxy groups -OCH3 is 1. The van der Waals surface area contributed by atoms with E-state index in [1.165, 1.54) is 0 Å². The molecule has 2 rings (SSSR count). The van der Waals surface area contributed by atoms with Gasteiger partial charge < -0.3 is 15.0 Å². The Morgan fingerprint density at radius 3 is 2.83 bits per heavy atom. The van der Waals surface area contributed by atoms with E-state index in [4.69, 9.17) is 15.0 Å². The van der Waals surface area contributed by atoms with Gasteiger partial charge in [-0.05, 0) is 12.8 Å². The second-order valence-electron chi connectivity index (χ2n) is 4.06. The lowest BCUT2D eigenvalue weighted by atomic mass is 10.2. The predicted octanol–water partition coefficient (Wildman–Crippen LogP) is 2.16. The molecule has 0 bridgehead atoms. The van der Waals surface area contributed by atoms with Crippen LogP contribution in [0.25, 0.3) is 11.4 Å². The summed E-state index contributed by atoms with van der Waals surface area (Å²) in [6, 6.07) is 9.45. The maximum atomic E-state index is 5.98. The Morgan fingerprint density at radius 1 is 1.33 bits per heavy atom. The third-order valence-corrected chi connectivity index (χ3v) is 2.65. The van der Waals surface area contributed by atoms with Gasteiger partial charge >= 0.3 is 0 Å². The molecule has 96 valence electrons. The first-order valence-corrected chi connectivity index (χ1v) is 5.95. The van der Waals surface area contributed by atoms with E-state index in [2.05, 4.69) is 10.1 Å². The second kappa shape index (κ2) is 6.28. The molecular weight excluding hydrogens is 230 g/mol. The van der Waals surface area contributed by atoms with E-state index in [-0.39, 0.29) is 6.04 Å². The van der Waals surface area contributed by atoms with Crippen molar-refractivity contribution in [2.75, 3.05) is 13.7 Å². The molecule has 0 aliphatic carbocycles. The molecule has 2 N–H and O–H groups in total. The molecule has 0 spiro atoms. The predicted molar refractivity (Wildman–Crippen MR) is 67.8 cm³/mol. The third-order valence-electron chi connectivity index (χ3n) is 2.65. The normalized spacial score (nSPS) is 12.6. The minimum atomic E-state index is -0.231. The van der Waals surface area contributed by atoms with Gasteiger partial charge in [0, 0.05) is 19.3 Å². The molecule has 1 aromatic heterocycles. The van der Waals surface area contributed by atoms with Gasteiger partial charge in [-0.25, -0.2) is 0 Å². The fourth-order valence-corrected chi connectivity index (χ4v) is 1.66. The first kappa shape index (κ1) is 12.7. The van der Waals surface area contributed by atoms with Crippen LogP contribution in [0.1, 0.15) is 24.8 Å². The minimum Gasteiger partial charge on any atom is -0.385 e. The molecule has 1 aromatic carbocycles. The smallest absolute Gasteiger partial charge is 0.243 e. The minimum absolute atomic E-state index is 0.231. The summed E-state index contributed by atoms with van der Waals surface area (Å²) in [5.41, 5.74) is 6.90. The first-order chi connectivity index (χ1) is 8.81. The van der Waals surface area contributed by atoms with Crippen molar-refractivity contribution in [3.8, 4) is 11.4 Å². The molecule has 5 nitrogen and oxygen atoms in total. The number of hydrogen-bond acceptors (Lipinski definition) is 5. The van der Waals surface area contributed by atoms with E-state index in [1.54, 1.807) is 7.11 Å². The topological polar surface area (TPSA) is 74.2 Å². The Labute approximate surface area is 106 Å². The lowest BCUT2D eigenvalue weighted by Crippen LogP contribution is -2.11. The summed E-state index contributed by atoms with van der Waals surface area (Å²) in [5, 5.41) is 3.94. The fraction of sp³-hybridized carbons (Fsp3) is 0.385. The molecule has 1 heterocycles. The Kier molecular flexibility index (Phi) is 4.44. The molecule has 0 amide bonds. The van der Waals surface area contributed by atoms with Crippen molar-refractivity contribution in [1.82, 2.24) is 10.1 Å². The van der Waals surface area contributed by atoms with Gasteiger partial charge in [-0.2, -0.15) is 4.98 Å². The van der Waals surface area contributed by atoms with Crippen molar-refractivity contribution in [2.45, 2.75) is 18.9 Å². The van der Waals surface area contributed by atoms with Crippen molar-refractivity contribution < 1.29 is 9.26 Å². The first-order valence-electron chi connectivity index (χ1n) is 5.95. The third kappa shape index (κ3) is 3.15. The molecule has 0 aliphatic rings. The van der Waals surface area contributed by atoms with E-state index < -0.39 is 0 Å². The number of ether oxygens (including phenoxy) is 1. The molecule has 1 atom stereocenters. The van der Waals surface area contributed by atoms with Gasteiger partial charge in [0.2, 0.25) is 11.7 Å². The number of aromatic nitrogens is 2. The van der Waals surface area contributed by atoms with Crippen molar-refractivity contribution in [1.29, 1.82) is 0 Å². The van der Waals surface area contributed by atoms with Gasteiger partial charge in [0.25, 0.3) is 0 Å². The van der Waals surface area contributed by atoms with Gasteiger partial charge in [0.1, 0.15) is 0 Å². The summed E-state index contributed by atoms with van der Waals surface area (Å²) in [6.07, 6.45) is 1.64.